The second kappa shape index (κ2) is 28.6. The number of benzene rings is 3. The van der Waals surface area contributed by atoms with Crippen LogP contribution < -0.4 is 44.8 Å². The summed E-state index contributed by atoms with van der Waals surface area (Å²) in [6.07, 6.45) is 8.58. The van der Waals surface area contributed by atoms with E-state index in [1.54, 1.807) is 23.3 Å². The van der Waals surface area contributed by atoms with Crippen LogP contribution in [0.25, 0.3) is 11.4 Å². The highest BCUT2D eigenvalue weighted by Crippen LogP contribution is 2.35. The van der Waals surface area contributed by atoms with Crippen molar-refractivity contribution in [3.63, 3.8) is 0 Å². The number of hydrogen-bond acceptors (Lipinski definition) is 13. The summed E-state index contributed by atoms with van der Waals surface area (Å²) in [6.45, 7) is 11.0. The Morgan fingerprint density at radius 1 is 0.919 bits per heavy atom. The molecule has 0 bridgehead atoms. The van der Waals surface area contributed by atoms with Gasteiger partial charge >= 0.3 is 0 Å². The average molecular weight is 857 g/mol. The minimum atomic E-state index is -0.302. The maximum absolute atomic E-state index is 10.3. The predicted molar refractivity (Wildman–Crippen MR) is 253 cm³/mol. The molecular formula is C46H72N12O4. The summed E-state index contributed by atoms with van der Waals surface area (Å²) >= 11 is 0. The molecule has 0 saturated heterocycles. The Morgan fingerprint density at radius 2 is 1.56 bits per heavy atom. The zero-order valence-corrected chi connectivity index (χ0v) is 37.6. The van der Waals surface area contributed by atoms with Crippen LogP contribution in [-0.4, -0.2) is 86.5 Å². The summed E-state index contributed by atoms with van der Waals surface area (Å²) in [5.74, 6) is 13.5. The number of ether oxygens (including phenoxy) is 2. The van der Waals surface area contributed by atoms with Crippen LogP contribution >= 0.6 is 0 Å². The number of hydrazine groups is 2. The first kappa shape index (κ1) is 52.2. The van der Waals surface area contributed by atoms with Gasteiger partial charge in [0.1, 0.15) is 12.1 Å². The van der Waals surface area contributed by atoms with Crippen molar-refractivity contribution in [1.29, 1.82) is 0 Å². The normalized spacial score (nSPS) is 14.6. The number of carbonyl (C=O) groups is 2. The number of nitrogens with zero attached hydrogens (tertiary/aromatic N) is 5. The zero-order valence-electron chi connectivity index (χ0n) is 37.6. The van der Waals surface area contributed by atoms with Crippen LogP contribution in [0.2, 0.25) is 0 Å². The Bertz CT molecular complexity index is 1900. The fourth-order valence-corrected chi connectivity index (χ4v) is 6.02. The smallest absolute Gasteiger partial charge is 0.207 e. The van der Waals surface area contributed by atoms with Gasteiger partial charge < -0.3 is 57.4 Å². The van der Waals surface area contributed by atoms with E-state index in [0.717, 1.165) is 66.6 Å². The largest absolute Gasteiger partial charge is 0.401 e. The molecule has 1 aliphatic rings. The van der Waals surface area contributed by atoms with Gasteiger partial charge in [-0.15, -0.1) is 10.2 Å². The number of anilines is 1. The Morgan fingerprint density at radius 3 is 2.21 bits per heavy atom. The molecule has 16 nitrogen and oxygen atoms in total. The summed E-state index contributed by atoms with van der Waals surface area (Å²) in [5, 5.41) is 14.1. The second-order valence-electron chi connectivity index (χ2n) is 15.6. The van der Waals surface area contributed by atoms with Gasteiger partial charge in [0, 0.05) is 87.5 Å². The number of aldehydes is 1. The molecular weight excluding hydrogens is 785 g/mol. The number of carbonyl (C=O) groups excluding carboxylic acids is 2. The Balaban J connectivity index is 0.000000580. The number of methoxy groups -OCH3 is 1. The highest BCUT2D eigenvalue weighted by atomic mass is 16.5. The van der Waals surface area contributed by atoms with E-state index in [1.165, 1.54) is 5.56 Å². The third-order valence-electron chi connectivity index (χ3n) is 9.56. The Hall–Kier alpha value is -5.94. The van der Waals surface area contributed by atoms with Gasteiger partial charge in [0.15, 0.2) is 5.84 Å². The van der Waals surface area contributed by atoms with Crippen molar-refractivity contribution in [2.45, 2.75) is 90.8 Å². The van der Waals surface area contributed by atoms with Crippen LogP contribution in [0.5, 0.6) is 0 Å². The molecule has 1 heterocycles. The maximum atomic E-state index is 10.3. The number of allylic oxidation sites excluding steroid dienone is 1. The predicted octanol–water partition coefficient (Wildman–Crippen LogP) is 4.75. The number of amidine groups is 2. The number of unbranched alkanes of at least 4 members (excludes halogenated alkanes) is 2. The van der Waals surface area contributed by atoms with Crippen molar-refractivity contribution >= 4 is 41.4 Å². The van der Waals surface area contributed by atoms with E-state index in [0.29, 0.717) is 75.0 Å². The van der Waals surface area contributed by atoms with Gasteiger partial charge in [0.2, 0.25) is 6.41 Å². The highest BCUT2D eigenvalue weighted by molar-refractivity contribution is 5.98. The van der Waals surface area contributed by atoms with Crippen molar-refractivity contribution in [3.8, 4) is 0 Å². The number of para-hydroxylation sites is 1. The van der Waals surface area contributed by atoms with Crippen LogP contribution in [0.1, 0.15) is 94.9 Å². The molecule has 0 fully saturated rings. The highest BCUT2D eigenvalue weighted by Gasteiger charge is 2.23. The fourth-order valence-electron chi connectivity index (χ4n) is 6.02. The molecule has 1 aliphatic heterocycles. The van der Waals surface area contributed by atoms with Crippen LogP contribution in [0.15, 0.2) is 101 Å². The fraction of sp³-hybridized carbons (Fsp3) is 0.435. The monoisotopic (exact) mass is 857 g/mol. The standard InChI is InChI=1S/C32H43N11.C10H21NO3.C4H8O/c1-41-21-24-13-5-6-14-26(24)31(30(35)27-15-7-8-16-28(27)41)43(38)20-10-9-19-42(37)22-25(33)17-18-29(34)39-40-32(36)23-11-3-2-4-12-23;1-9(5-6-13-4)14-7-10(2,3)11-8-12;1-2-3-4-5/h2-8,11-16,22H,9-10,17-21,33,35,37-38H2,1H3,(H2,34,39)(H2,36,40);8-9H,5-7H2,1-4H3,(H,11,12);4H,2-3H2,1H3/b25-22-,31-30-;;. The average Bonchev–Trinajstić information content (AvgIpc) is 3.26. The second-order valence-corrected chi connectivity index (χ2v) is 15.6. The first-order valence-corrected chi connectivity index (χ1v) is 21.0. The lowest BCUT2D eigenvalue weighted by Gasteiger charge is -2.32. The quantitative estimate of drug-likeness (QED) is 0.0180. The third kappa shape index (κ3) is 19.2. The molecule has 62 heavy (non-hydrogen) atoms. The summed E-state index contributed by atoms with van der Waals surface area (Å²) in [4.78, 5) is 21.9. The summed E-state index contributed by atoms with van der Waals surface area (Å²) < 4.78 is 10.5. The summed E-state index contributed by atoms with van der Waals surface area (Å²) in [7, 11) is 3.75. The molecule has 340 valence electrons. The van der Waals surface area contributed by atoms with Crippen molar-refractivity contribution < 1.29 is 19.1 Å². The molecule has 3 aromatic rings. The number of fused-ring (bicyclic) bond motifs is 2. The molecule has 1 amide bonds. The van der Waals surface area contributed by atoms with E-state index < -0.39 is 0 Å². The van der Waals surface area contributed by atoms with Gasteiger partial charge in [-0.1, -0.05) is 79.7 Å². The molecule has 3 aromatic carbocycles. The van der Waals surface area contributed by atoms with Crippen molar-refractivity contribution in [3.05, 3.63) is 113 Å². The van der Waals surface area contributed by atoms with Gasteiger partial charge in [-0.25, -0.2) is 11.7 Å². The summed E-state index contributed by atoms with van der Waals surface area (Å²) in [6, 6.07) is 25.8. The number of nitrogens with two attached hydrogens (primary N) is 6. The molecule has 1 unspecified atom stereocenters. The molecule has 0 aliphatic carbocycles. The lowest BCUT2D eigenvalue weighted by atomic mass is 9.96. The number of rotatable bonds is 22. The van der Waals surface area contributed by atoms with Crippen LogP contribution in [0.3, 0.4) is 0 Å². The van der Waals surface area contributed by atoms with Gasteiger partial charge in [0.05, 0.1) is 29.6 Å². The van der Waals surface area contributed by atoms with Crippen LogP contribution in [0, 0.1) is 0 Å². The molecule has 13 N–H and O–H groups in total. The molecule has 0 saturated carbocycles. The Kier molecular flexibility index (Phi) is 24.0. The van der Waals surface area contributed by atoms with Crippen LogP contribution in [0.4, 0.5) is 5.69 Å². The molecule has 0 radical (unpaired) electrons. The van der Waals surface area contributed by atoms with Gasteiger partial charge in [-0.2, -0.15) is 0 Å². The van der Waals surface area contributed by atoms with E-state index in [2.05, 4.69) is 45.7 Å². The van der Waals surface area contributed by atoms with E-state index >= 15 is 0 Å². The van der Waals surface area contributed by atoms with Crippen LogP contribution in [-0.2, 0) is 25.6 Å². The molecule has 1 atom stereocenters. The molecule has 0 spiro atoms. The lowest BCUT2D eigenvalue weighted by Crippen LogP contribution is -2.43. The van der Waals surface area contributed by atoms with Gasteiger partial charge in [-0.05, 0) is 64.5 Å². The number of amides is 1. The van der Waals surface area contributed by atoms with E-state index in [1.807, 2.05) is 88.4 Å². The minimum absolute atomic E-state index is 0.155. The summed E-state index contributed by atoms with van der Waals surface area (Å²) in [5.41, 5.74) is 31.7. The van der Waals surface area contributed by atoms with E-state index in [4.69, 9.17) is 44.1 Å². The third-order valence-corrected chi connectivity index (χ3v) is 9.56. The van der Waals surface area contributed by atoms with Crippen molar-refractivity contribution in [2.75, 3.05) is 45.4 Å². The number of nitrogens with one attached hydrogen (secondary N) is 1. The van der Waals surface area contributed by atoms with Gasteiger partial charge in [0.25, 0.3) is 0 Å². The van der Waals surface area contributed by atoms with E-state index in [-0.39, 0.29) is 11.6 Å². The maximum Gasteiger partial charge on any atom is 0.207 e. The molecule has 16 heteroatoms. The number of hydrogen-bond donors (Lipinski definition) is 7. The minimum Gasteiger partial charge on any atom is -0.401 e. The van der Waals surface area contributed by atoms with Crippen molar-refractivity contribution in [1.82, 2.24) is 15.3 Å². The van der Waals surface area contributed by atoms with E-state index in [9.17, 15) is 9.59 Å². The molecule has 4 rings (SSSR count). The lowest BCUT2D eigenvalue weighted by molar-refractivity contribution is -0.112. The Labute approximate surface area is 369 Å². The first-order valence-electron chi connectivity index (χ1n) is 21.0. The first-order chi connectivity index (χ1) is 29.7. The zero-order chi connectivity index (χ0) is 45.9. The SMILES string of the molecule is CCCC=O.CN1Cc2ccccc2/C(N(N)CCCCN(N)/C=C(\N)CC/C(N)=N/N=C(\N)c2ccccc2)=C(/N)c2ccccc21.COCCC(C)OCC(C)(C)NC=O. The van der Waals surface area contributed by atoms with Gasteiger partial charge in [-0.3, -0.25) is 4.79 Å². The molecule has 0 aromatic heterocycles. The van der Waals surface area contributed by atoms with Crippen molar-refractivity contribution in [2.24, 2.45) is 44.8 Å². The topological polar surface area (TPSA) is 255 Å².